The minimum atomic E-state index is 0.468. The van der Waals surface area contributed by atoms with Gasteiger partial charge in [-0.15, -0.1) is 0 Å². The molecule has 2 rings (SSSR count). The fourth-order valence-corrected chi connectivity index (χ4v) is 2.71. The van der Waals surface area contributed by atoms with Gasteiger partial charge < -0.3 is 14.8 Å². The Bertz CT molecular complexity index is 388. The van der Waals surface area contributed by atoms with Crippen LogP contribution in [0.5, 0.6) is 11.5 Å². The summed E-state index contributed by atoms with van der Waals surface area (Å²) in [5.41, 5.74) is 0.468. The molecule has 0 bridgehead atoms. The van der Waals surface area contributed by atoms with Crippen molar-refractivity contribution in [3.8, 4) is 11.5 Å². The highest BCUT2D eigenvalue weighted by Gasteiger charge is 2.35. The molecule has 0 spiro atoms. The van der Waals surface area contributed by atoms with Crippen molar-refractivity contribution < 1.29 is 9.47 Å². The number of hydrogen-bond acceptors (Lipinski definition) is 3. The normalized spacial score (nSPS) is 16.7. The van der Waals surface area contributed by atoms with Crippen LogP contribution in [0.4, 0.5) is 0 Å². The van der Waals surface area contributed by atoms with E-state index in [2.05, 4.69) is 12.2 Å². The van der Waals surface area contributed by atoms with Gasteiger partial charge in [-0.05, 0) is 37.3 Å². The van der Waals surface area contributed by atoms with Gasteiger partial charge >= 0.3 is 0 Å². The molecule has 0 unspecified atom stereocenters. The average Bonchev–Trinajstić information content (AvgIpc) is 2.38. The van der Waals surface area contributed by atoms with E-state index in [0.717, 1.165) is 37.6 Å². The summed E-state index contributed by atoms with van der Waals surface area (Å²) in [6, 6.07) is 7.92. The molecule has 0 aliphatic carbocycles. The van der Waals surface area contributed by atoms with Crippen molar-refractivity contribution in [1.82, 2.24) is 5.32 Å². The van der Waals surface area contributed by atoms with E-state index in [1.165, 1.54) is 12.8 Å². The minimum absolute atomic E-state index is 0.468. The van der Waals surface area contributed by atoms with Crippen LogP contribution in [-0.4, -0.2) is 26.3 Å². The smallest absolute Gasteiger partial charge is 0.161 e. The Morgan fingerprint density at radius 3 is 2.26 bits per heavy atom. The lowest BCUT2D eigenvalue weighted by Crippen LogP contribution is -2.53. The molecule has 106 valence electrons. The topological polar surface area (TPSA) is 30.5 Å². The van der Waals surface area contributed by atoms with Crippen LogP contribution >= 0.6 is 0 Å². The summed E-state index contributed by atoms with van der Waals surface area (Å²) >= 11 is 0. The molecular weight excluding hydrogens is 238 g/mol. The van der Waals surface area contributed by atoms with Gasteiger partial charge in [-0.25, -0.2) is 0 Å². The van der Waals surface area contributed by atoms with E-state index in [4.69, 9.17) is 9.47 Å². The number of para-hydroxylation sites is 2. The Kier molecular flexibility index (Phi) is 5.08. The van der Waals surface area contributed by atoms with Crippen LogP contribution in [0, 0.1) is 5.41 Å². The van der Waals surface area contributed by atoms with E-state index in [0.29, 0.717) is 12.0 Å². The standard InChI is InChI=1S/C16H25NO2/c1-3-9-16(12-17-13-16)10-11-19-15-8-6-5-7-14(15)18-4-2/h5-8,17H,3-4,9-13H2,1-2H3. The second kappa shape index (κ2) is 6.80. The second-order valence-corrected chi connectivity index (χ2v) is 5.33. The highest BCUT2D eigenvalue weighted by Crippen LogP contribution is 2.33. The zero-order chi connectivity index (χ0) is 13.6. The van der Waals surface area contributed by atoms with E-state index in [1.807, 2.05) is 31.2 Å². The van der Waals surface area contributed by atoms with Gasteiger partial charge in [-0.1, -0.05) is 25.5 Å². The fourth-order valence-electron chi connectivity index (χ4n) is 2.71. The van der Waals surface area contributed by atoms with E-state index in [-0.39, 0.29) is 0 Å². The molecule has 0 amide bonds. The quantitative estimate of drug-likeness (QED) is 0.781. The van der Waals surface area contributed by atoms with E-state index in [1.54, 1.807) is 0 Å². The van der Waals surface area contributed by atoms with Crippen LogP contribution in [0.2, 0.25) is 0 Å². The monoisotopic (exact) mass is 263 g/mol. The molecule has 0 saturated carbocycles. The lowest BCUT2D eigenvalue weighted by molar-refractivity contribution is 0.108. The number of nitrogens with one attached hydrogen (secondary N) is 1. The lowest BCUT2D eigenvalue weighted by Gasteiger charge is -2.42. The Labute approximate surface area is 116 Å². The summed E-state index contributed by atoms with van der Waals surface area (Å²) in [5.74, 6) is 1.71. The Hall–Kier alpha value is -1.22. The van der Waals surface area contributed by atoms with Crippen molar-refractivity contribution in [2.45, 2.75) is 33.1 Å². The van der Waals surface area contributed by atoms with Crippen molar-refractivity contribution in [3.05, 3.63) is 24.3 Å². The van der Waals surface area contributed by atoms with Crippen LogP contribution in [0.15, 0.2) is 24.3 Å². The predicted molar refractivity (Wildman–Crippen MR) is 77.9 cm³/mol. The van der Waals surface area contributed by atoms with Crippen LogP contribution in [0.1, 0.15) is 33.1 Å². The molecule has 0 atom stereocenters. The molecule has 0 aromatic heterocycles. The number of ether oxygens (including phenoxy) is 2. The molecule has 3 nitrogen and oxygen atoms in total. The summed E-state index contributed by atoms with van der Waals surface area (Å²) in [6.07, 6.45) is 3.65. The maximum Gasteiger partial charge on any atom is 0.161 e. The van der Waals surface area contributed by atoms with Crippen LogP contribution in [-0.2, 0) is 0 Å². The molecule has 1 saturated heterocycles. The summed E-state index contributed by atoms with van der Waals surface area (Å²) in [4.78, 5) is 0. The zero-order valence-electron chi connectivity index (χ0n) is 12.1. The highest BCUT2D eigenvalue weighted by molar-refractivity contribution is 5.39. The average molecular weight is 263 g/mol. The first-order valence-corrected chi connectivity index (χ1v) is 7.35. The molecule has 19 heavy (non-hydrogen) atoms. The van der Waals surface area contributed by atoms with Crippen molar-refractivity contribution in [2.75, 3.05) is 26.3 Å². The van der Waals surface area contributed by atoms with Crippen LogP contribution in [0.25, 0.3) is 0 Å². The van der Waals surface area contributed by atoms with Gasteiger partial charge in [-0.3, -0.25) is 0 Å². The third kappa shape index (κ3) is 3.63. The SMILES string of the molecule is CCCC1(CCOc2ccccc2OCC)CNC1. The van der Waals surface area contributed by atoms with Crippen molar-refractivity contribution in [2.24, 2.45) is 5.41 Å². The van der Waals surface area contributed by atoms with Gasteiger partial charge in [-0.2, -0.15) is 0 Å². The molecule has 1 aromatic rings. The molecule has 1 fully saturated rings. The third-order valence-corrected chi connectivity index (χ3v) is 3.82. The minimum Gasteiger partial charge on any atom is -0.490 e. The Morgan fingerprint density at radius 2 is 1.74 bits per heavy atom. The highest BCUT2D eigenvalue weighted by atomic mass is 16.5. The van der Waals surface area contributed by atoms with E-state index >= 15 is 0 Å². The largest absolute Gasteiger partial charge is 0.490 e. The molecule has 1 aliphatic heterocycles. The number of rotatable bonds is 8. The zero-order valence-corrected chi connectivity index (χ0v) is 12.1. The molecule has 1 aromatic carbocycles. The summed E-state index contributed by atoms with van der Waals surface area (Å²) in [7, 11) is 0. The molecule has 1 aliphatic rings. The maximum atomic E-state index is 5.91. The van der Waals surface area contributed by atoms with Gasteiger partial charge in [0.2, 0.25) is 0 Å². The van der Waals surface area contributed by atoms with Gasteiger partial charge in [0.1, 0.15) is 0 Å². The first-order chi connectivity index (χ1) is 9.29. The van der Waals surface area contributed by atoms with Gasteiger partial charge in [0.15, 0.2) is 11.5 Å². The Morgan fingerprint density at radius 1 is 1.05 bits per heavy atom. The summed E-state index contributed by atoms with van der Waals surface area (Å²) in [6.45, 7) is 7.96. The first kappa shape index (κ1) is 14.2. The van der Waals surface area contributed by atoms with Crippen molar-refractivity contribution in [1.29, 1.82) is 0 Å². The third-order valence-electron chi connectivity index (χ3n) is 3.82. The molecule has 3 heteroatoms. The van der Waals surface area contributed by atoms with E-state index in [9.17, 15) is 0 Å². The predicted octanol–water partition coefficient (Wildman–Crippen LogP) is 3.24. The first-order valence-electron chi connectivity index (χ1n) is 7.35. The summed E-state index contributed by atoms with van der Waals surface area (Å²) < 4.78 is 11.5. The van der Waals surface area contributed by atoms with Crippen molar-refractivity contribution >= 4 is 0 Å². The Balaban J connectivity index is 1.85. The van der Waals surface area contributed by atoms with Gasteiger partial charge in [0, 0.05) is 13.1 Å². The number of benzene rings is 1. The van der Waals surface area contributed by atoms with Gasteiger partial charge in [0.05, 0.1) is 13.2 Å². The summed E-state index contributed by atoms with van der Waals surface area (Å²) in [5, 5.41) is 3.39. The number of hydrogen-bond donors (Lipinski definition) is 1. The fraction of sp³-hybridized carbons (Fsp3) is 0.625. The van der Waals surface area contributed by atoms with E-state index < -0.39 is 0 Å². The molecule has 1 heterocycles. The van der Waals surface area contributed by atoms with Crippen LogP contribution in [0.3, 0.4) is 0 Å². The maximum absolute atomic E-state index is 5.91. The lowest BCUT2D eigenvalue weighted by atomic mass is 9.75. The van der Waals surface area contributed by atoms with Crippen molar-refractivity contribution in [3.63, 3.8) is 0 Å². The second-order valence-electron chi connectivity index (χ2n) is 5.33. The molecular formula is C16H25NO2. The van der Waals surface area contributed by atoms with Gasteiger partial charge in [0.25, 0.3) is 0 Å². The molecule has 0 radical (unpaired) electrons. The molecule has 1 N–H and O–H groups in total. The van der Waals surface area contributed by atoms with Crippen LogP contribution < -0.4 is 14.8 Å².